The van der Waals surface area contributed by atoms with E-state index in [9.17, 15) is 4.79 Å². The average Bonchev–Trinajstić information content (AvgIpc) is 3.53. The Morgan fingerprint density at radius 2 is 2.00 bits per heavy atom. The number of carbonyl (C=O) groups excluding carboxylic acids is 1. The molecule has 1 spiro atoms. The van der Waals surface area contributed by atoms with Crippen molar-refractivity contribution in [2.24, 2.45) is 18.2 Å². The molecule has 13 nitrogen and oxygen atoms in total. The number of rotatable bonds is 4. The largest absolute Gasteiger partial charge is 0.376 e. The minimum Gasteiger partial charge on any atom is -0.376 e. The molecule has 2 atom stereocenters. The van der Waals surface area contributed by atoms with Crippen LogP contribution in [-0.2, 0) is 11.8 Å². The van der Waals surface area contributed by atoms with E-state index in [0.717, 1.165) is 41.7 Å². The van der Waals surface area contributed by atoms with Crippen molar-refractivity contribution in [1.82, 2.24) is 29.8 Å². The maximum Gasteiger partial charge on any atom is 0.296 e. The summed E-state index contributed by atoms with van der Waals surface area (Å²) >= 11 is 6.70. The van der Waals surface area contributed by atoms with E-state index in [2.05, 4.69) is 30.4 Å². The molecular formula is C28H30ClN9O4. The van der Waals surface area contributed by atoms with E-state index in [1.165, 1.54) is 0 Å². The molecule has 0 unspecified atom stereocenters. The maximum atomic E-state index is 13.2. The first-order valence-electron chi connectivity index (χ1n) is 13.7. The van der Waals surface area contributed by atoms with Gasteiger partial charge in [0.05, 0.1) is 46.9 Å². The summed E-state index contributed by atoms with van der Waals surface area (Å²) in [5, 5.41) is 11.0. The highest BCUT2D eigenvalue weighted by molar-refractivity contribution is 6.35. The Hall–Kier alpha value is -4.33. The van der Waals surface area contributed by atoms with E-state index in [1.807, 2.05) is 19.1 Å². The second kappa shape index (κ2) is 10.2. The number of benzene rings is 2. The standard InChI is InChI=1S/C28H30ClN9O4/c1-16-24(30)28(15-40-16)9-11-37(12-10-28)21-14-31-27-25(34-21)35-42-38(41-27)20-8-4-7-19(22(20)29)33-26(39)18-6-3-5-17-13-32-36(2)23(17)18/h3-8,13-14,16,24H,9-12,15,30H2,1-2H3,(H,33,39)(H,34,35)/t16-,24+/m0/s1. The molecule has 0 bridgehead atoms. The highest BCUT2D eigenvalue weighted by Gasteiger charge is 2.47. The number of H-pyrrole nitrogens is 1. The number of aromatic nitrogens is 6. The maximum absolute atomic E-state index is 13.2. The van der Waals surface area contributed by atoms with E-state index in [-0.39, 0.29) is 34.2 Å². The molecule has 218 valence electrons. The first-order chi connectivity index (χ1) is 20.3. The van der Waals surface area contributed by atoms with Gasteiger partial charge in [0, 0.05) is 37.0 Å². The molecule has 0 aliphatic carbocycles. The molecule has 42 heavy (non-hydrogen) atoms. The molecule has 2 aliphatic heterocycles. The van der Waals surface area contributed by atoms with Gasteiger partial charge in [-0.2, -0.15) is 10.3 Å². The molecule has 14 heteroatoms. The minimum atomic E-state index is -0.328. The van der Waals surface area contributed by atoms with Crippen molar-refractivity contribution in [3.63, 3.8) is 0 Å². The molecule has 2 aromatic carbocycles. The third-order valence-corrected chi connectivity index (χ3v) is 8.88. The summed E-state index contributed by atoms with van der Waals surface area (Å²) in [7, 11) is 1.79. The lowest BCUT2D eigenvalue weighted by Gasteiger charge is -2.41. The fourth-order valence-electron chi connectivity index (χ4n) is 5.95. The van der Waals surface area contributed by atoms with Gasteiger partial charge >= 0.3 is 0 Å². The summed E-state index contributed by atoms with van der Waals surface area (Å²) in [5.74, 6) is 0.384. The molecule has 1 amide bonds. The molecule has 2 aliphatic rings. The Labute approximate surface area is 244 Å². The molecule has 3 aromatic heterocycles. The van der Waals surface area contributed by atoms with Gasteiger partial charge in [-0.3, -0.25) is 14.1 Å². The summed E-state index contributed by atoms with van der Waals surface area (Å²) in [4.78, 5) is 25.6. The number of aryl methyl sites for hydroxylation is 1. The molecule has 7 rings (SSSR count). The molecule has 2 saturated heterocycles. The number of anilines is 2. The number of amides is 1. The zero-order chi connectivity index (χ0) is 29.0. The minimum absolute atomic E-state index is 0.0156. The van der Waals surface area contributed by atoms with Gasteiger partial charge in [0.2, 0.25) is 5.65 Å². The zero-order valence-corrected chi connectivity index (χ0v) is 23.8. The lowest BCUT2D eigenvalue weighted by molar-refractivity contribution is 0.0713. The number of fused-ring (bicyclic) bond motifs is 2. The van der Waals surface area contributed by atoms with Crippen LogP contribution in [0.15, 0.2) is 57.9 Å². The third-order valence-electron chi connectivity index (χ3n) is 8.48. The van der Waals surface area contributed by atoms with Gasteiger partial charge < -0.3 is 25.2 Å². The van der Waals surface area contributed by atoms with Gasteiger partial charge in [-0.05, 0) is 42.9 Å². The van der Waals surface area contributed by atoms with Crippen LogP contribution in [0.1, 0.15) is 30.1 Å². The number of nitrogens with one attached hydrogen (secondary N) is 2. The monoisotopic (exact) mass is 591 g/mol. The van der Waals surface area contributed by atoms with Crippen molar-refractivity contribution < 1.29 is 18.7 Å². The van der Waals surface area contributed by atoms with Crippen molar-refractivity contribution in [1.29, 1.82) is 0 Å². The Bertz CT molecular complexity index is 1840. The lowest BCUT2D eigenvalue weighted by atomic mass is 9.73. The predicted molar refractivity (Wildman–Crippen MR) is 156 cm³/mol. The summed E-state index contributed by atoms with van der Waals surface area (Å²) in [6.45, 7) is 4.34. The number of nitrogens with zero attached hydrogens (tertiary/aromatic N) is 6. The molecular weight excluding hydrogens is 562 g/mol. The van der Waals surface area contributed by atoms with E-state index in [0.29, 0.717) is 35.0 Å². The number of aromatic amines is 1. The molecule has 2 fully saturated rings. The first-order valence-corrected chi connectivity index (χ1v) is 14.1. The Kier molecular flexibility index (Phi) is 6.44. The van der Waals surface area contributed by atoms with E-state index >= 15 is 0 Å². The van der Waals surface area contributed by atoms with Crippen LogP contribution in [0.4, 0.5) is 11.5 Å². The summed E-state index contributed by atoms with van der Waals surface area (Å²) in [6.07, 6.45) is 5.31. The van der Waals surface area contributed by atoms with Gasteiger partial charge in [0.1, 0.15) is 11.5 Å². The van der Waals surface area contributed by atoms with E-state index in [1.54, 1.807) is 48.4 Å². The summed E-state index contributed by atoms with van der Waals surface area (Å²) in [6, 6.07) is 10.6. The molecule has 4 N–H and O–H groups in total. The van der Waals surface area contributed by atoms with Crippen molar-refractivity contribution in [3.05, 3.63) is 59.4 Å². The van der Waals surface area contributed by atoms with Gasteiger partial charge in [-0.1, -0.05) is 29.8 Å². The van der Waals surface area contributed by atoms with Crippen LogP contribution in [-0.4, -0.2) is 67.6 Å². The number of nitrogens with two attached hydrogens (primary N) is 1. The fraction of sp³-hybridized carbons (Fsp3) is 0.357. The van der Waals surface area contributed by atoms with Gasteiger partial charge in [0.25, 0.3) is 11.6 Å². The molecule has 5 aromatic rings. The molecule has 5 heterocycles. The van der Waals surface area contributed by atoms with E-state index in [4.69, 9.17) is 31.2 Å². The van der Waals surface area contributed by atoms with Crippen molar-refractivity contribution >= 4 is 51.3 Å². The fourth-order valence-corrected chi connectivity index (χ4v) is 6.19. The van der Waals surface area contributed by atoms with Crippen LogP contribution in [0.25, 0.3) is 28.0 Å². The SMILES string of the molecule is C[C@@H]1OCC2(CCN(c3cnc4on(-c5cccc(NC(=O)c6cccc7cnn(C)c67)c5Cl)o[nH]c4n3)CC2)[C@@H]1N. The van der Waals surface area contributed by atoms with E-state index < -0.39 is 0 Å². The number of piperidine rings is 1. The number of ether oxygens (including phenoxy) is 1. The predicted octanol–water partition coefficient (Wildman–Crippen LogP) is 4.18. The second-order valence-corrected chi connectivity index (χ2v) is 11.3. The highest BCUT2D eigenvalue weighted by atomic mass is 35.5. The smallest absolute Gasteiger partial charge is 0.296 e. The average molecular weight is 592 g/mol. The number of halogens is 1. The Morgan fingerprint density at radius 3 is 2.79 bits per heavy atom. The van der Waals surface area contributed by atoms with Gasteiger partial charge in [-0.15, -0.1) is 0 Å². The van der Waals surface area contributed by atoms with Crippen LogP contribution in [0.2, 0.25) is 5.02 Å². The van der Waals surface area contributed by atoms with Crippen LogP contribution >= 0.6 is 11.6 Å². The van der Waals surface area contributed by atoms with Gasteiger partial charge in [0.15, 0.2) is 0 Å². The quantitative estimate of drug-likeness (QED) is 0.279. The van der Waals surface area contributed by atoms with Crippen LogP contribution in [0.3, 0.4) is 0 Å². The molecule has 0 radical (unpaired) electrons. The first kappa shape index (κ1) is 26.6. The third kappa shape index (κ3) is 4.40. The highest BCUT2D eigenvalue weighted by Crippen LogP contribution is 2.41. The number of carbonyl (C=O) groups is 1. The number of hydrogen-bond donors (Lipinski definition) is 3. The normalized spacial score (nSPS) is 20.0. The molecule has 0 saturated carbocycles. The second-order valence-electron chi connectivity index (χ2n) is 10.9. The zero-order valence-electron chi connectivity index (χ0n) is 23.1. The van der Waals surface area contributed by atoms with Crippen LogP contribution in [0, 0.1) is 5.41 Å². The lowest BCUT2D eigenvalue weighted by Crippen LogP contribution is -2.50. The Balaban J connectivity index is 1.11. The van der Waals surface area contributed by atoms with Crippen molar-refractivity contribution in [3.8, 4) is 5.69 Å². The summed E-state index contributed by atoms with van der Waals surface area (Å²) in [5.41, 5.74) is 8.95. The van der Waals surface area contributed by atoms with Crippen LogP contribution in [0.5, 0.6) is 0 Å². The van der Waals surface area contributed by atoms with Crippen LogP contribution < -0.4 is 16.0 Å². The van der Waals surface area contributed by atoms with Gasteiger partial charge in [-0.25, -0.2) is 9.97 Å². The van der Waals surface area contributed by atoms with Crippen molar-refractivity contribution in [2.45, 2.75) is 31.9 Å². The van der Waals surface area contributed by atoms with Crippen molar-refractivity contribution in [2.75, 3.05) is 29.9 Å². The number of hydrogen-bond acceptors (Lipinski definition) is 9. The summed E-state index contributed by atoms with van der Waals surface area (Å²) < 4.78 is 19.0. The Morgan fingerprint density at radius 1 is 1.19 bits per heavy atom. The number of para-hydroxylation sites is 1. The topological polar surface area (TPSA) is 158 Å².